The summed E-state index contributed by atoms with van der Waals surface area (Å²) in [6.07, 6.45) is 1.47. The van der Waals surface area contributed by atoms with E-state index < -0.39 is 10.0 Å². The lowest BCUT2D eigenvalue weighted by Crippen LogP contribution is -2.45. The van der Waals surface area contributed by atoms with Gasteiger partial charge in [-0.1, -0.05) is 12.1 Å². The van der Waals surface area contributed by atoms with Crippen LogP contribution >= 0.6 is 11.8 Å². The Morgan fingerprint density at radius 3 is 2.48 bits per heavy atom. The summed E-state index contributed by atoms with van der Waals surface area (Å²) in [4.78, 5) is -0.165. The molecular formula is C14H18FNO3S2. The third-order valence-corrected chi connectivity index (χ3v) is 7.23. The van der Waals surface area contributed by atoms with Gasteiger partial charge in [-0.3, -0.25) is 0 Å². The topological polar surface area (TPSA) is 46.6 Å². The summed E-state index contributed by atoms with van der Waals surface area (Å²) in [5.41, 5.74) is 0.614. The molecule has 1 aromatic rings. The molecule has 2 fully saturated rings. The van der Waals surface area contributed by atoms with Gasteiger partial charge in [0, 0.05) is 18.8 Å². The molecule has 3 rings (SSSR count). The average Bonchev–Trinajstić information content (AvgIpc) is 2.90. The van der Waals surface area contributed by atoms with Crippen molar-refractivity contribution in [3.05, 3.63) is 35.6 Å². The van der Waals surface area contributed by atoms with Crippen LogP contribution in [0.5, 0.6) is 0 Å². The summed E-state index contributed by atoms with van der Waals surface area (Å²) in [6, 6.07) is 5.63. The van der Waals surface area contributed by atoms with Gasteiger partial charge in [-0.05, 0) is 30.5 Å². The molecule has 1 spiro atoms. The maximum atomic E-state index is 12.9. The number of thioether (sulfide) groups is 1. The molecule has 0 radical (unpaired) electrons. The second kappa shape index (κ2) is 5.87. The van der Waals surface area contributed by atoms with Gasteiger partial charge in [0.05, 0.1) is 12.4 Å². The molecule has 0 aromatic heterocycles. The number of sulfonamides is 1. The van der Waals surface area contributed by atoms with Crippen LogP contribution in [0.3, 0.4) is 0 Å². The van der Waals surface area contributed by atoms with Crippen LogP contribution in [0.4, 0.5) is 4.39 Å². The fraction of sp³-hybridized carbons (Fsp3) is 0.571. The van der Waals surface area contributed by atoms with E-state index >= 15 is 0 Å². The summed E-state index contributed by atoms with van der Waals surface area (Å²) >= 11 is 1.80. The van der Waals surface area contributed by atoms with Crippen LogP contribution in [-0.2, 0) is 20.5 Å². The molecule has 2 heterocycles. The van der Waals surface area contributed by atoms with Crippen LogP contribution in [0.15, 0.2) is 24.3 Å². The van der Waals surface area contributed by atoms with Crippen molar-refractivity contribution in [2.45, 2.75) is 23.5 Å². The van der Waals surface area contributed by atoms with Crippen molar-refractivity contribution in [3.63, 3.8) is 0 Å². The molecule has 0 aliphatic carbocycles. The summed E-state index contributed by atoms with van der Waals surface area (Å²) in [7, 11) is -3.35. The van der Waals surface area contributed by atoms with Gasteiger partial charge in [0.25, 0.3) is 0 Å². The Hall–Kier alpha value is -0.630. The first-order chi connectivity index (χ1) is 9.99. The van der Waals surface area contributed by atoms with Crippen molar-refractivity contribution >= 4 is 21.8 Å². The highest BCUT2D eigenvalue weighted by Gasteiger charge is 2.41. The fourth-order valence-electron chi connectivity index (χ4n) is 2.77. The highest BCUT2D eigenvalue weighted by Crippen LogP contribution is 2.42. The van der Waals surface area contributed by atoms with Gasteiger partial charge in [0.1, 0.15) is 10.8 Å². The number of benzene rings is 1. The zero-order valence-electron chi connectivity index (χ0n) is 11.6. The molecule has 2 aliphatic heterocycles. The molecule has 0 N–H and O–H groups in total. The zero-order valence-corrected chi connectivity index (χ0v) is 13.3. The van der Waals surface area contributed by atoms with E-state index in [0.717, 1.165) is 25.2 Å². The van der Waals surface area contributed by atoms with E-state index in [0.29, 0.717) is 18.7 Å². The largest absolute Gasteiger partial charge is 0.363 e. The van der Waals surface area contributed by atoms with Gasteiger partial charge in [0.2, 0.25) is 10.0 Å². The Bertz CT molecular complexity index is 587. The third-order valence-electron chi connectivity index (χ3n) is 3.95. The highest BCUT2D eigenvalue weighted by atomic mass is 32.2. The maximum absolute atomic E-state index is 12.9. The molecule has 2 saturated heterocycles. The molecule has 0 saturated carbocycles. The molecule has 1 aromatic carbocycles. The van der Waals surface area contributed by atoms with E-state index in [2.05, 4.69) is 0 Å². The number of halogens is 1. The molecular weight excluding hydrogens is 313 g/mol. The number of piperidine rings is 1. The summed E-state index contributed by atoms with van der Waals surface area (Å²) in [5.74, 6) is 0.558. The van der Waals surface area contributed by atoms with E-state index in [1.165, 1.54) is 28.6 Å². The lowest BCUT2D eigenvalue weighted by Gasteiger charge is -2.37. The van der Waals surface area contributed by atoms with Crippen molar-refractivity contribution in [2.75, 3.05) is 25.4 Å². The minimum atomic E-state index is -3.35. The predicted molar refractivity (Wildman–Crippen MR) is 81.0 cm³/mol. The van der Waals surface area contributed by atoms with E-state index in [4.69, 9.17) is 4.74 Å². The standard InChI is InChI=1S/C14H18FNO3S2/c15-13-3-1-12(2-4-13)11-21(17,18)16-7-5-14(6-8-16)19-9-10-20-14/h1-4H,5-11H2. The van der Waals surface area contributed by atoms with Crippen molar-refractivity contribution in [1.29, 1.82) is 0 Å². The third kappa shape index (κ3) is 3.41. The fourth-order valence-corrected chi connectivity index (χ4v) is 5.49. The first-order valence-electron chi connectivity index (χ1n) is 6.99. The van der Waals surface area contributed by atoms with Crippen LogP contribution < -0.4 is 0 Å². The van der Waals surface area contributed by atoms with Gasteiger partial charge in [-0.15, -0.1) is 11.8 Å². The first-order valence-corrected chi connectivity index (χ1v) is 9.59. The maximum Gasteiger partial charge on any atom is 0.218 e. The summed E-state index contributed by atoms with van der Waals surface area (Å²) in [5, 5.41) is 0. The molecule has 0 unspecified atom stereocenters. The first kappa shape index (κ1) is 15.3. The molecule has 0 atom stereocenters. The smallest absolute Gasteiger partial charge is 0.218 e. The van der Waals surface area contributed by atoms with Crippen LogP contribution in [-0.4, -0.2) is 43.1 Å². The van der Waals surface area contributed by atoms with Gasteiger partial charge < -0.3 is 4.74 Å². The van der Waals surface area contributed by atoms with Crippen LogP contribution in [0.25, 0.3) is 0 Å². The Labute approximate surface area is 128 Å². The minimum Gasteiger partial charge on any atom is -0.363 e. The van der Waals surface area contributed by atoms with Crippen LogP contribution in [0.2, 0.25) is 0 Å². The highest BCUT2D eigenvalue weighted by molar-refractivity contribution is 8.00. The van der Waals surface area contributed by atoms with E-state index in [1.54, 1.807) is 11.8 Å². The van der Waals surface area contributed by atoms with Gasteiger partial charge in [-0.2, -0.15) is 0 Å². The van der Waals surface area contributed by atoms with Gasteiger partial charge in [-0.25, -0.2) is 17.1 Å². The normalized spacial score (nSPS) is 22.7. The number of hydrogen-bond acceptors (Lipinski definition) is 4. The van der Waals surface area contributed by atoms with Gasteiger partial charge >= 0.3 is 0 Å². The average molecular weight is 331 g/mol. The quantitative estimate of drug-likeness (QED) is 0.852. The Balaban J connectivity index is 1.64. The number of ether oxygens (including phenoxy) is 1. The number of hydrogen-bond donors (Lipinski definition) is 0. The predicted octanol–water partition coefficient (Wildman–Crippen LogP) is 2.21. The van der Waals surface area contributed by atoms with Crippen molar-refractivity contribution in [3.8, 4) is 0 Å². The van der Waals surface area contributed by atoms with Crippen LogP contribution in [0.1, 0.15) is 18.4 Å². The summed E-state index contributed by atoms with van der Waals surface area (Å²) in [6.45, 7) is 1.75. The molecule has 0 amide bonds. The molecule has 0 bridgehead atoms. The Morgan fingerprint density at radius 2 is 1.90 bits per heavy atom. The van der Waals surface area contributed by atoms with E-state index in [9.17, 15) is 12.8 Å². The Kier molecular flexibility index (Phi) is 4.27. The number of nitrogens with zero attached hydrogens (tertiary/aromatic N) is 1. The molecule has 7 heteroatoms. The van der Waals surface area contributed by atoms with Crippen molar-refractivity contribution in [2.24, 2.45) is 0 Å². The second-order valence-electron chi connectivity index (χ2n) is 5.39. The van der Waals surface area contributed by atoms with E-state index in [1.807, 2.05) is 0 Å². The second-order valence-corrected chi connectivity index (χ2v) is 8.80. The van der Waals surface area contributed by atoms with Crippen LogP contribution in [0, 0.1) is 5.82 Å². The van der Waals surface area contributed by atoms with Gasteiger partial charge in [0.15, 0.2) is 0 Å². The lowest BCUT2D eigenvalue weighted by atomic mass is 10.1. The van der Waals surface area contributed by atoms with Crippen molar-refractivity contribution in [1.82, 2.24) is 4.31 Å². The molecule has 4 nitrogen and oxygen atoms in total. The monoisotopic (exact) mass is 331 g/mol. The Morgan fingerprint density at radius 1 is 1.24 bits per heavy atom. The lowest BCUT2D eigenvalue weighted by molar-refractivity contribution is 0.0161. The minimum absolute atomic E-state index is 0.0751. The molecule has 21 heavy (non-hydrogen) atoms. The summed E-state index contributed by atoms with van der Waals surface area (Å²) < 4.78 is 45.0. The van der Waals surface area contributed by atoms with E-state index in [-0.39, 0.29) is 16.5 Å². The number of rotatable bonds is 3. The van der Waals surface area contributed by atoms with Crippen molar-refractivity contribution < 1.29 is 17.5 Å². The zero-order chi connectivity index (χ0) is 14.9. The molecule has 2 aliphatic rings. The molecule has 116 valence electrons. The SMILES string of the molecule is O=S(=O)(Cc1ccc(F)cc1)N1CCC2(CC1)OCCS2.